The zero-order valence-electron chi connectivity index (χ0n) is 19.7. The summed E-state index contributed by atoms with van der Waals surface area (Å²) < 4.78 is 28.6. The van der Waals surface area contributed by atoms with Gasteiger partial charge in [0.05, 0.1) is 0 Å². The summed E-state index contributed by atoms with van der Waals surface area (Å²) in [5.74, 6) is -0.595. The van der Waals surface area contributed by atoms with Gasteiger partial charge in [-0.1, -0.05) is 24.3 Å². The Balaban J connectivity index is 1.36. The third-order valence-electron chi connectivity index (χ3n) is 6.46. The number of aromatic nitrogens is 4. The molecule has 1 saturated heterocycles. The summed E-state index contributed by atoms with van der Waals surface area (Å²) >= 11 is 0. The second-order valence-electron chi connectivity index (χ2n) is 8.92. The van der Waals surface area contributed by atoms with Gasteiger partial charge >= 0.3 is 0 Å². The van der Waals surface area contributed by atoms with Gasteiger partial charge in [0.15, 0.2) is 0 Å². The molecule has 1 unspecified atom stereocenters. The minimum Gasteiger partial charge on any atom is -0.352 e. The van der Waals surface area contributed by atoms with E-state index in [1.807, 2.05) is 0 Å². The lowest BCUT2D eigenvalue weighted by Crippen LogP contribution is -2.46. The molecule has 2 heterocycles. The van der Waals surface area contributed by atoms with Crippen LogP contribution >= 0.6 is 0 Å². The first-order valence-electron chi connectivity index (χ1n) is 11.6. The number of nitrogens with zero attached hydrogens (tertiary/aromatic N) is 5. The summed E-state index contributed by atoms with van der Waals surface area (Å²) in [6, 6.07) is 10.3. The summed E-state index contributed by atoms with van der Waals surface area (Å²) in [5.41, 5.74) is 2.06. The number of amides is 2. The second kappa shape index (κ2) is 10.7. The smallest absolute Gasteiger partial charge is 0.247 e. The molecule has 1 aromatic heterocycles. The molecule has 2 aromatic carbocycles. The number of carbonyl (C=O) groups is 2. The van der Waals surface area contributed by atoms with E-state index in [1.165, 1.54) is 22.9 Å². The van der Waals surface area contributed by atoms with Gasteiger partial charge in [-0.3, -0.25) is 9.59 Å². The highest BCUT2D eigenvalue weighted by Crippen LogP contribution is 2.23. The van der Waals surface area contributed by atoms with Crippen LogP contribution in [0.4, 0.5) is 8.78 Å². The lowest BCUT2D eigenvalue weighted by Gasteiger charge is -2.33. The summed E-state index contributed by atoms with van der Waals surface area (Å²) in [6.07, 6.45) is 1.37. The summed E-state index contributed by atoms with van der Waals surface area (Å²) in [6.45, 7) is 4.53. The quantitative estimate of drug-likeness (QED) is 0.559. The normalized spacial score (nSPS) is 15.1. The first kappa shape index (κ1) is 24.4. The fourth-order valence-corrected chi connectivity index (χ4v) is 4.30. The molecule has 1 atom stereocenters. The van der Waals surface area contributed by atoms with Crippen molar-refractivity contribution >= 4 is 11.8 Å². The van der Waals surface area contributed by atoms with Crippen molar-refractivity contribution in [1.29, 1.82) is 0 Å². The topological polar surface area (TPSA) is 93.0 Å². The van der Waals surface area contributed by atoms with Crippen LogP contribution in [0.25, 0.3) is 0 Å². The molecule has 0 radical (unpaired) electrons. The van der Waals surface area contributed by atoms with Gasteiger partial charge in [-0.2, -0.15) is 0 Å². The zero-order chi connectivity index (χ0) is 24.9. The molecular weight excluding hydrogens is 454 g/mol. The molecule has 0 bridgehead atoms. The molecule has 1 fully saturated rings. The number of nitrogens with one attached hydrogen (secondary N) is 1. The Morgan fingerprint density at radius 3 is 2.37 bits per heavy atom. The highest BCUT2D eigenvalue weighted by atomic mass is 19.1. The molecular formula is C25H28F2N6O2. The maximum Gasteiger partial charge on any atom is 0.247 e. The van der Waals surface area contributed by atoms with Gasteiger partial charge in [-0.25, -0.2) is 13.5 Å². The van der Waals surface area contributed by atoms with Gasteiger partial charge in [-0.15, -0.1) is 5.10 Å². The van der Waals surface area contributed by atoms with Crippen molar-refractivity contribution in [2.75, 3.05) is 13.1 Å². The summed E-state index contributed by atoms with van der Waals surface area (Å²) in [4.78, 5) is 27.9. The number of tetrazole rings is 1. The van der Waals surface area contributed by atoms with E-state index in [-0.39, 0.29) is 35.9 Å². The maximum absolute atomic E-state index is 13.7. The van der Waals surface area contributed by atoms with Gasteiger partial charge in [0.1, 0.15) is 23.5 Å². The largest absolute Gasteiger partial charge is 0.352 e. The fourth-order valence-electron chi connectivity index (χ4n) is 4.30. The van der Waals surface area contributed by atoms with E-state index in [9.17, 15) is 18.4 Å². The molecule has 35 heavy (non-hydrogen) atoms. The molecule has 1 aliphatic heterocycles. The third-order valence-corrected chi connectivity index (χ3v) is 6.46. The van der Waals surface area contributed by atoms with Crippen molar-refractivity contribution in [2.45, 2.75) is 45.7 Å². The van der Waals surface area contributed by atoms with Crippen molar-refractivity contribution in [1.82, 2.24) is 30.4 Å². The van der Waals surface area contributed by atoms with Crippen molar-refractivity contribution < 1.29 is 18.4 Å². The van der Waals surface area contributed by atoms with Crippen LogP contribution in [0.2, 0.25) is 0 Å². The van der Waals surface area contributed by atoms with Crippen LogP contribution in [0.3, 0.4) is 0 Å². The number of benzene rings is 2. The first-order valence-corrected chi connectivity index (χ1v) is 11.6. The molecule has 8 nitrogen and oxygen atoms in total. The standard InChI is InChI=1S/C25H28F2N6O2/c1-16-3-4-19(13-22(16)27)15-28-24(34)20-9-11-32(12-10-20)25(35)23(33-17(2)29-30-31-33)14-18-5-7-21(26)8-6-18/h3-8,13,20,23H,9-12,14-15H2,1-2H3,(H,28,34). The molecule has 184 valence electrons. The van der Waals surface area contributed by atoms with E-state index >= 15 is 0 Å². The Labute approximate surface area is 202 Å². The fraction of sp³-hybridized carbons (Fsp3) is 0.400. The van der Waals surface area contributed by atoms with Crippen molar-refractivity contribution in [3.8, 4) is 0 Å². The predicted octanol–water partition coefficient (Wildman–Crippen LogP) is 2.91. The zero-order valence-corrected chi connectivity index (χ0v) is 19.7. The third kappa shape index (κ3) is 5.87. The number of piperidine rings is 1. The van der Waals surface area contributed by atoms with Gasteiger partial charge < -0.3 is 10.2 Å². The average molecular weight is 483 g/mol. The van der Waals surface area contributed by atoms with Crippen LogP contribution in [0.15, 0.2) is 42.5 Å². The van der Waals surface area contributed by atoms with Crippen LogP contribution in [0, 0.1) is 31.4 Å². The molecule has 0 saturated carbocycles. The number of hydrogen-bond donors (Lipinski definition) is 1. The number of halogens is 2. The second-order valence-corrected chi connectivity index (χ2v) is 8.92. The Kier molecular flexibility index (Phi) is 7.48. The van der Waals surface area contributed by atoms with Crippen molar-refractivity contribution in [3.05, 3.63) is 76.6 Å². The lowest BCUT2D eigenvalue weighted by molar-refractivity contribution is -0.138. The number of aryl methyl sites for hydroxylation is 2. The Bertz CT molecular complexity index is 1190. The Hall–Kier alpha value is -3.69. The maximum atomic E-state index is 13.7. The molecule has 4 rings (SSSR count). The van der Waals surface area contributed by atoms with Crippen LogP contribution in [0.1, 0.15) is 41.4 Å². The van der Waals surface area contributed by atoms with Gasteiger partial charge in [0, 0.05) is 32.0 Å². The van der Waals surface area contributed by atoms with Gasteiger partial charge in [0.2, 0.25) is 11.8 Å². The lowest BCUT2D eigenvalue weighted by atomic mass is 9.94. The van der Waals surface area contributed by atoms with E-state index in [4.69, 9.17) is 0 Å². The molecule has 10 heteroatoms. The molecule has 1 aliphatic rings. The van der Waals surface area contributed by atoms with E-state index in [0.717, 1.165) is 5.56 Å². The minimum absolute atomic E-state index is 0.0998. The van der Waals surface area contributed by atoms with E-state index < -0.39 is 6.04 Å². The van der Waals surface area contributed by atoms with Crippen molar-refractivity contribution in [3.63, 3.8) is 0 Å². The molecule has 3 aromatic rings. The number of carbonyl (C=O) groups excluding carboxylic acids is 2. The minimum atomic E-state index is -0.669. The number of rotatable bonds is 7. The molecule has 1 N–H and O–H groups in total. The van der Waals surface area contributed by atoms with Crippen LogP contribution in [-0.4, -0.2) is 50.0 Å². The average Bonchev–Trinajstić information content (AvgIpc) is 3.29. The van der Waals surface area contributed by atoms with Gasteiger partial charge in [-0.05, 0) is 72.0 Å². The van der Waals surface area contributed by atoms with Crippen LogP contribution in [0.5, 0.6) is 0 Å². The van der Waals surface area contributed by atoms with Gasteiger partial charge in [0.25, 0.3) is 0 Å². The highest BCUT2D eigenvalue weighted by molar-refractivity contribution is 5.82. The van der Waals surface area contributed by atoms with Crippen LogP contribution < -0.4 is 5.32 Å². The Morgan fingerprint density at radius 1 is 1.06 bits per heavy atom. The highest BCUT2D eigenvalue weighted by Gasteiger charge is 2.33. The monoisotopic (exact) mass is 482 g/mol. The van der Waals surface area contributed by atoms with E-state index in [0.29, 0.717) is 49.3 Å². The first-order chi connectivity index (χ1) is 16.8. The van der Waals surface area contributed by atoms with E-state index in [2.05, 4.69) is 20.8 Å². The molecule has 0 aliphatic carbocycles. The van der Waals surface area contributed by atoms with Crippen LogP contribution in [-0.2, 0) is 22.6 Å². The Morgan fingerprint density at radius 2 is 1.74 bits per heavy atom. The number of hydrogen-bond acceptors (Lipinski definition) is 5. The van der Waals surface area contributed by atoms with E-state index in [1.54, 1.807) is 43.0 Å². The summed E-state index contributed by atoms with van der Waals surface area (Å²) in [7, 11) is 0. The SMILES string of the molecule is Cc1ccc(CNC(=O)C2CCN(C(=O)C(Cc3ccc(F)cc3)n3nnnc3C)CC2)cc1F. The summed E-state index contributed by atoms with van der Waals surface area (Å²) in [5, 5.41) is 14.5. The van der Waals surface area contributed by atoms with Crippen molar-refractivity contribution in [2.24, 2.45) is 5.92 Å². The predicted molar refractivity (Wildman–Crippen MR) is 124 cm³/mol. The number of likely N-dealkylation sites (tertiary alicyclic amines) is 1. The molecule has 0 spiro atoms. The molecule has 2 amide bonds.